The SMILES string of the molecule is Nc1cc(C(=O)O)cc(-c2ccc(F)c(Cl)c2)c1. The fourth-order valence-corrected chi connectivity index (χ4v) is 1.80. The van der Waals surface area contributed by atoms with Crippen molar-refractivity contribution < 1.29 is 14.3 Å². The molecule has 18 heavy (non-hydrogen) atoms. The summed E-state index contributed by atoms with van der Waals surface area (Å²) in [4.78, 5) is 10.9. The topological polar surface area (TPSA) is 63.3 Å². The number of hydrogen-bond acceptors (Lipinski definition) is 2. The minimum Gasteiger partial charge on any atom is -0.478 e. The molecule has 0 radical (unpaired) electrons. The Morgan fingerprint density at radius 2 is 1.89 bits per heavy atom. The molecule has 0 saturated heterocycles. The Balaban J connectivity index is 2.56. The van der Waals surface area contributed by atoms with Gasteiger partial charge >= 0.3 is 5.97 Å². The lowest BCUT2D eigenvalue weighted by atomic mass is 10.0. The molecule has 0 saturated carbocycles. The summed E-state index contributed by atoms with van der Waals surface area (Å²) < 4.78 is 13.1. The Bertz CT molecular complexity index is 628. The van der Waals surface area contributed by atoms with Crippen LogP contribution < -0.4 is 5.73 Å². The van der Waals surface area contributed by atoms with Crippen LogP contribution in [0.4, 0.5) is 10.1 Å². The van der Waals surface area contributed by atoms with Crippen molar-refractivity contribution >= 4 is 23.3 Å². The Hall–Kier alpha value is -2.07. The van der Waals surface area contributed by atoms with E-state index in [9.17, 15) is 9.18 Å². The first-order valence-electron chi connectivity index (χ1n) is 5.06. The molecule has 5 heteroatoms. The number of aromatic carboxylic acids is 1. The van der Waals surface area contributed by atoms with Crippen LogP contribution in [-0.4, -0.2) is 11.1 Å². The predicted molar refractivity (Wildman–Crippen MR) is 68.2 cm³/mol. The first kappa shape index (κ1) is 12.4. The van der Waals surface area contributed by atoms with Crippen molar-refractivity contribution in [3.05, 3.63) is 52.8 Å². The third kappa shape index (κ3) is 2.43. The van der Waals surface area contributed by atoms with Crippen molar-refractivity contribution in [1.82, 2.24) is 0 Å². The van der Waals surface area contributed by atoms with Gasteiger partial charge in [-0.1, -0.05) is 17.7 Å². The van der Waals surface area contributed by atoms with Gasteiger partial charge in [0.15, 0.2) is 0 Å². The van der Waals surface area contributed by atoms with E-state index in [0.29, 0.717) is 16.8 Å². The normalized spacial score (nSPS) is 10.3. The van der Waals surface area contributed by atoms with Crippen LogP contribution in [-0.2, 0) is 0 Å². The lowest BCUT2D eigenvalue weighted by molar-refractivity contribution is 0.0697. The Morgan fingerprint density at radius 1 is 1.17 bits per heavy atom. The molecule has 2 aromatic carbocycles. The number of carboxylic acid groups (broad SMARTS) is 1. The van der Waals surface area contributed by atoms with Crippen LogP contribution in [0, 0.1) is 5.82 Å². The number of hydrogen-bond donors (Lipinski definition) is 2. The quantitative estimate of drug-likeness (QED) is 0.818. The molecule has 3 N–H and O–H groups in total. The van der Waals surface area contributed by atoms with Gasteiger partial charge in [-0.3, -0.25) is 0 Å². The molecule has 0 aliphatic carbocycles. The summed E-state index contributed by atoms with van der Waals surface area (Å²) in [6.07, 6.45) is 0. The molecule has 0 unspecified atom stereocenters. The fraction of sp³-hybridized carbons (Fsp3) is 0. The number of nitrogen functional groups attached to an aromatic ring is 1. The largest absolute Gasteiger partial charge is 0.478 e. The second kappa shape index (κ2) is 4.66. The number of nitrogens with two attached hydrogens (primary N) is 1. The molecule has 3 nitrogen and oxygen atoms in total. The van der Waals surface area contributed by atoms with Gasteiger partial charge < -0.3 is 10.8 Å². The average Bonchev–Trinajstić information content (AvgIpc) is 2.31. The summed E-state index contributed by atoms with van der Waals surface area (Å²) in [7, 11) is 0. The molecule has 0 atom stereocenters. The first-order chi connectivity index (χ1) is 8.47. The molecule has 0 aromatic heterocycles. The van der Waals surface area contributed by atoms with Crippen LogP contribution in [0.5, 0.6) is 0 Å². The van der Waals surface area contributed by atoms with Crippen LogP contribution in [0.25, 0.3) is 11.1 Å². The Morgan fingerprint density at radius 3 is 2.50 bits per heavy atom. The molecule has 0 aliphatic heterocycles. The van der Waals surface area contributed by atoms with Gasteiger partial charge in [0.2, 0.25) is 0 Å². The molecule has 0 spiro atoms. The van der Waals surface area contributed by atoms with Gasteiger partial charge in [0.05, 0.1) is 10.6 Å². The van der Waals surface area contributed by atoms with Crippen LogP contribution in [0.2, 0.25) is 5.02 Å². The summed E-state index contributed by atoms with van der Waals surface area (Å²) in [5, 5.41) is 8.92. The highest BCUT2D eigenvalue weighted by atomic mass is 35.5. The molecule has 92 valence electrons. The molecular formula is C13H9ClFNO2. The molecule has 0 amide bonds. The van der Waals surface area contributed by atoms with E-state index in [1.807, 2.05) is 0 Å². The maximum Gasteiger partial charge on any atom is 0.335 e. The number of halogens is 2. The molecule has 0 aliphatic rings. The zero-order chi connectivity index (χ0) is 13.3. The number of carbonyl (C=O) groups is 1. The highest BCUT2D eigenvalue weighted by Crippen LogP contribution is 2.27. The first-order valence-corrected chi connectivity index (χ1v) is 5.44. The van der Waals surface area contributed by atoms with Gasteiger partial charge in [-0.05, 0) is 41.5 Å². The average molecular weight is 266 g/mol. The van der Waals surface area contributed by atoms with Crippen molar-refractivity contribution in [2.24, 2.45) is 0 Å². The van der Waals surface area contributed by atoms with E-state index in [4.69, 9.17) is 22.4 Å². The Kier molecular flexibility index (Phi) is 3.21. The number of anilines is 1. The minimum absolute atomic E-state index is 0.0215. The van der Waals surface area contributed by atoms with E-state index >= 15 is 0 Å². The molecule has 2 rings (SSSR count). The second-order valence-electron chi connectivity index (χ2n) is 3.78. The number of rotatable bonds is 2. The highest BCUT2D eigenvalue weighted by Gasteiger charge is 2.08. The third-order valence-electron chi connectivity index (χ3n) is 2.46. The van der Waals surface area contributed by atoms with E-state index in [0.717, 1.165) is 0 Å². The monoisotopic (exact) mass is 265 g/mol. The summed E-state index contributed by atoms with van der Waals surface area (Å²) in [5.74, 6) is -1.60. The van der Waals surface area contributed by atoms with Gasteiger partial charge in [-0.15, -0.1) is 0 Å². The predicted octanol–water partition coefficient (Wildman–Crippen LogP) is 3.43. The van der Waals surface area contributed by atoms with Crippen molar-refractivity contribution in [1.29, 1.82) is 0 Å². The number of benzene rings is 2. The number of carboxylic acids is 1. The van der Waals surface area contributed by atoms with Gasteiger partial charge in [0.1, 0.15) is 5.82 Å². The molecule has 0 bridgehead atoms. The lowest BCUT2D eigenvalue weighted by Crippen LogP contribution is -1.98. The Labute approximate surface area is 108 Å². The van der Waals surface area contributed by atoms with Crippen LogP contribution >= 0.6 is 11.6 Å². The standard InChI is InChI=1S/C13H9ClFNO2/c14-11-6-7(1-2-12(11)15)8-3-9(13(17)18)5-10(16)4-8/h1-6H,16H2,(H,17,18). The summed E-state index contributed by atoms with van der Waals surface area (Å²) in [6.45, 7) is 0. The zero-order valence-electron chi connectivity index (χ0n) is 9.15. The van der Waals surface area contributed by atoms with E-state index in [1.54, 1.807) is 6.07 Å². The van der Waals surface area contributed by atoms with Crippen molar-refractivity contribution in [2.75, 3.05) is 5.73 Å². The molecular weight excluding hydrogens is 257 g/mol. The fourth-order valence-electron chi connectivity index (χ4n) is 1.62. The van der Waals surface area contributed by atoms with Gasteiger partial charge in [-0.2, -0.15) is 0 Å². The van der Waals surface area contributed by atoms with Crippen LogP contribution in [0.3, 0.4) is 0 Å². The summed E-state index contributed by atoms with van der Waals surface area (Å²) >= 11 is 5.68. The second-order valence-corrected chi connectivity index (χ2v) is 4.18. The van der Waals surface area contributed by atoms with Crippen molar-refractivity contribution in [3.8, 4) is 11.1 Å². The van der Waals surface area contributed by atoms with E-state index in [-0.39, 0.29) is 10.6 Å². The smallest absolute Gasteiger partial charge is 0.335 e. The molecule has 2 aromatic rings. The van der Waals surface area contributed by atoms with Gasteiger partial charge in [0.25, 0.3) is 0 Å². The van der Waals surface area contributed by atoms with E-state index < -0.39 is 11.8 Å². The lowest BCUT2D eigenvalue weighted by Gasteiger charge is -2.06. The van der Waals surface area contributed by atoms with Gasteiger partial charge in [0, 0.05) is 5.69 Å². The molecule has 0 heterocycles. The highest BCUT2D eigenvalue weighted by molar-refractivity contribution is 6.31. The summed E-state index contributed by atoms with van der Waals surface area (Å²) in [5.41, 5.74) is 7.22. The van der Waals surface area contributed by atoms with Crippen molar-refractivity contribution in [3.63, 3.8) is 0 Å². The zero-order valence-corrected chi connectivity index (χ0v) is 9.91. The van der Waals surface area contributed by atoms with E-state index in [2.05, 4.69) is 0 Å². The minimum atomic E-state index is -1.07. The maximum atomic E-state index is 13.1. The maximum absolute atomic E-state index is 13.1. The molecule has 0 fully saturated rings. The van der Waals surface area contributed by atoms with Gasteiger partial charge in [-0.25, -0.2) is 9.18 Å². The van der Waals surface area contributed by atoms with E-state index in [1.165, 1.54) is 30.3 Å². The third-order valence-corrected chi connectivity index (χ3v) is 2.74. The summed E-state index contributed by atoms with van der Waals surface area (Å²) in [6, 6.07) is 8.59. The van der Waals surface area contributed by atoms with Crippen LogP contribution in [0.15, 0.2) is 36.4 Å². The van der Waals surface area contributed by atoms with Crippen molar-refractivity contribution in [2.45, 2.75) is 0 Å². The van der Waals surface area contributed by atoms with Crippen LogP contribution in [0.1, 0.15) is 10.4 Å².